The molecule has 1 amide bonds. The van der Waals surface area contributed by atoms with Gasteiger partial charge in [-0.1, -0.05) is 30.7 Å². The fraction of sp³-hybridized carbons (Fsp3) is 0.480. The van der Waals surface area contributed by atoms with Crippen molar-refractivity contribution < 1.29 is 9.53 Å². The van der Waals surface area contributed by atoms with Crippen molar-refractivity contribution in [2.24, 2.45) is 0 Å². The van der Waals surface area contributed by atoms with Crippen LogP contribution in [0.2, 0.25) is 5.02 Å². The van der Waals surface area contributed by atoms with Crippen LogP contribution in [0.1, 0.15) is 42.9 Å². The normalized spacial score (nSPS) is 17.4. The molecule has 5 heteroatoms. The lowest BCUT2D eigenvalue weighted by Crippen LogP contribution is -2.52. The number of carbonyl (C=O) groups excluding carboxylic acids is 1. The summed E-state index contributed by atoms with van der Waals surface area (Å²) in [5.74, 6) is 0.918. The number of piperazine rings is 1. The fourth-order valence-electron chi connectivity index (χ4n) is 4.55. The minimum absolute atomic E-state index is 0.0951. The van der Waals surface area contributed by atoms with Crippen molar-refractivity contribution in [3.63, 3.8) is 0 Å². The Morgan fingerprint density at radius 3 is 2.50 bits per heavy atom. The first-order valence-corrected chi connectivity index (χ1v) is 11.5. The Hall–Kier alpha value is -2.20. The number of amides is 1. The molecule has 1 saturated heterocycles. The Kier molecular flexibility index (Phi) is 6.52. The van der Waals surface area contributed by atoms with Crippen molar-refractivity contribution in [3.05, 3.63) is 58.1 Å². The summed E-state index contributed by atoms with van der Waals surface area (Å²) in [5.41, 5.74) is 5.18. The van der Waals surface area contributed by atoms with Crippen LogP contribution in [-0.2, 0) is 17.6 Å². The third-order valence-electron chi connectivity index (χ3n) is 6.35. The Balaban J connectivity index is 1.38. The van der Waals surface area contributed by atoms with E-state index in [1.807, 2.05) is 30.0 Å². The van der Waals surface area contributed by atoms with E-state index in [1.54, 1.807) is 0 Å². The van der Waals surface area contributed by atoms with Crippen LogP contribution in [0, 0.1) is 6.92 Å². The minimum Gasteiger partial charge on any atom is -0.481 e. The van der Waals surface area contributed by atoms with Gasteiger partial charge in [-0.25, -0.2) is 0 Å². The van der Waals surface area contributed by atoms with Crippen LogP contribution in [0.5, 0.6) is 5.75 Å². The van der Waals surface area contributed by atoms with E-state index in [4.69, 9.17) is 16.3 Å². The zero-order valence-corrected chi connectivity index (χ0v) is 18.8. The predicted molar refractivity (Wildman–Crippen MR) is 123 cm³/mol. The molecule has 1 unspecified atom stereocenters. The second-order valence-electron chi connectivity index (χ2n) is 8.40. The summed E-state index contributed by atoms with van der Waals surface area (Å²) in [4.78, 5) is 17.4. The van der Waals surface area contributed by atoms with Crippen LogP contribution in [0.4, 0.5) is 5.69 Å². The molecule has 0 spiro atoms. The lowest BCUT2D eigenvalue weighted by atomic mass is 9.92. The molecule has 0 saturated carbocycles. The number of nitrogens with zero attached hydrogens (tertiary/aromatic N) is 2. The molecule has 4 rings (SSSR count). The lowest BCUT2D eigenvalue weighted by Gasteiger charge is -2.38. The number of fused-ring (bicyclic) bond motifs is 1. The van der Waals surface area contributed by atoms with E-state index in [9.17, 15) is 4.79 Å². The van der Waals surface area contributed by atoms with Gasteiger partial charge >= 0.3 is 0 Å². The molecule has 1 atom stereocenters. The van der Waals surface area contributed by atoms with E-state index in [0.29, 0.717) is 19.5 Å². The molecule has 2 aromatic carbocycles. The van der Waals surface area contributed by atoms with Gasteiger partial charge in [0.2, 0.25) is 0 Å². The number of anilines is 1. The number of benzene rings is 2. The highest BCUT2D eigenvalue weighted by Crippen LogP contribution is 2.28. The second-order valence-corrected chi connectivity index (χ2v) is 8.83. The number of ether oxygens (including phenoxy) is 1. The molecule has 4 nitrogen and oxygen atoms in total. The smallest absolute Gasteiger partial charge is 0.263 e. The average molecular weight is 427 g/mol. The van der Waals surface area contributed by atoms with Crippen LogP contribution in [0.25, 0.3) is 0 Å². The molecule has 30 heavy (non-hydrogen) atoms. The second kappa shape index (κ2) is 9.30. The molecule has 0 aromatic heterocycles. The molecule has 1 heterocycles. The van der Waals surface area contributed by atoms with Crippen molar-refractivity contribution in [1.29, 1.82) is 0 Å². The molecule has 1 aliphatic heterocycles. The van der Waals surface area contributed by atoms with E-state index >= 15 is 0 Å². The van der Waals surface area contributed by atoms with Gasteiger partial charge in [0.25, 0.3) is 5.91 Å². The van der Waals surface area contributed by atoms with Gasteiger partial charge in [-0.05, 0) is 80.0 Å². The Bertz CT molecular complexity index is 906. The molecule has 2 aliphatic rings. The fourth-order valence-corrected chi connectivity index (χ4v) is 4.72. The zero-order valence-electron chi connectivity index (χ0n) is 18.0. The molecule has 0 bridgehead atoms. The third kappa shape index (κ3) is 4.59. The molecular formula is C25H31ClN2O2. The van der Waals surface area contributed by atoms with Crippen molar-refractivity contribution in [2.75, 3.05) is 31.1 Å². The monoisotopic (exact) mass is 426 g/mol. The summed E-state index contributed by atoms with van der Waals surface area (Å²) in [5, 5.41) is 0.749. The molecule has 2 aromatic rings. The predicted octanol–water partition coefficient (Wildman–Crippen LogP) is 5.03. The van der Waals surface area contributed by atoms with E-state index in [1.165, 1.54) is 29.5 Å². The van der Waals surface area contributed by atoms with E-state index in [0.717, 1.165) is 42.4 Å². The van der Waals surface area contributed by atoms with Gasteiger partial charge in [-0.2, -0.15) is 0 Å². The summed E-state index contributed by atoms with van der Waals surface area (Å²) in [6.45, 7) is 7.14. The van der Waals surface area contributed by atoms with E-state index in [-0.39, 0.29) is 5.91 Å². The number of carbonyl (C=O) groups is 1. The van der Waals surface area contributed by atoms with Gasteiger partial charge in [0.1, 0.15) is 5.75 Å². The Labute approximate surface area is 184 Å². The quantitative estimate of drug-likeness (QED) is 0.671. The van der Waals surface area contributed by atoms with Crippen molar-refractivity contribution in [3.8, 4) is 5.75 Å². The van der Waals surface area contributed by atoms with Crippen molar-refractivity contribution in [2.45, 2.75) is 52.1 Å². The highest BCUT2D eigenvalue weighted by Gasteiger charge is 2.28. The van der Waals surface area contributed by atoms with Crippen LogP contribution in [-0.4, -0.2) is 43.1 Å². The average Bonchev–Trinajstić information content (AvgIpc) is 2.78. The maximum absolute atomic E-state index is 13.1. The standard InChI is InChI=1S/C25H31ClN2O2/c1-3-24(30-22-11-9-19-6-4-5-7-20(19)16-22)25(29)28-14-12-27(13-15-28)23-17-21(26)10-8-18(23)2/h8-11,16-17,24H,3-7,12-15H2,1-2H3. The summed E-state index contributed by atoms with van der Waals surface area (Å²) in [6.07, 6.45) is 5.02. The van der Waals surface area contributed by atoms with Crippen LogP contribution in [0.15, 0.2) is 36.4 Å². The molecular weight excluding hydrogens is 396 g/mol. The van der Waals surface area contributed by atoms with Gasteiger partial charge in [0, 0.05) is 36.9 Å². The Morgan fingerprint density at radius 2 is 1.77 bits per heavy atom. The lowest BCUT2D eigenvalue weighted by molar-refractivity contribution is -0.139. The Morgan fingerprint density at radius 1 is 1.03 bits per heavy atom. The summed E-state index contributed by atoms with van der Waals surface area (Å²) >= 11 is 6.19. The van der Waals surface area contributed by atoms with Crippen molar-refractivity contribution >= 4 is 23.2 Å². The van der Waals surface area contributed by atoms with Crippen LogP contribution >= 0.6 is 11.6 Å². The number of rotatable bonds is 5. The topological polar surface area (TPSA) is 32.8 Å². The van der Waals surface area contributed by atoms with E-state index < -0.39 is 6.10 Å². The number of hydrogen-bond donors (Lipinski definition) is 0. The number of hydrogen-bond acceptors (Lipinski definition) is 3. The summed E-state index contributed by atoms with van der Waals surface area (Å²) in [7, 11) is 0. The largest absolute Gasteiger partial charge is 0.481 e. The van der Waals surface area contributed by atoms with Gasteiger partial charge in [0.15, 0.2) is 6.10 Å². The summed E-state index contributed by atoms with van der Waals surface area (Å²) < 4.78 is 6.17. The number of halogens is 1. The molecule has 160 valence electrons. The third-order valence-corrected chi connectivity index (χ3v) is 6.58. The minimum atomic E-state index is -0.425. The highest BCUT2D eigenvalue weighted by molar-refractivity contribution is 6.30. The van der Waals surface area contributed by atoms with Gasteiger partial charge in [-0.15, -0.1) is 0 Å². The van der Waals surface area contributed by atoms with E-state index in [2.05, 4.69) is 30.0 Å². The SMILES string of the molecule is CCC(Oc1ccc2c(c1)CCCC2)C(=O)N1CCN(c2cc(Cl)ccc2C)CC1. The van der Waals surface area contributed by atoms with Crippen LogP contribution in [0.3, 0.4) is 0 Å². The molecule has 0 radical (unpaired) electrons. The van der Waals surface area contributed by atoms with Gasteiger partial charge < -0.3 is 14.5 Å². The van der Waals surface area contributed by atoms with Crippen molar-refractivity contribution in [1.82, 2.24) is 4.90 Å². The molecule has 1 aliphatic carbocycles. The van der Waals surface area contributed by atoms with Crippen LogP contribution < -0.4 is 9.64 Å². The first kappa shape index (κ1) is 21.0. The van der Waals surface area contributed by atoms with Gasteiger partial charge in [-0.3, -0.25) is 4.79 Å². The number of aryl methyl sites for hydroxylation is 3. The maximum atomic E-state index is 13.1. The molecule has 0 N–H and O–H groups in total. The highest BCUT2D eigenvalue weighted by atomic mass is 35.5. The molecule has 1 fully saturated rings. The first-order chi connectivity index (χ1) is 14.5. The van der Waals surface area contributed by atoms with Gasteiger partial charge in [0.05, 0.1) is 0 Å². The summed E-state index contributed by atoms with van der Waals surface area (Å²) in [6, 6.07) is 12.3. The zero-order chi connectivity index (χ0) is 21.1. The maximum Gasteiger partial charge on any atom is 0.263 e. The first-order valence-electron chi connectivity index (χ1n) is 11.1.